The molecule has 1 aliphatic heterocycles. The summed E-state index contributed by atoms with van der Waals surface area (Å²) in [6.07, 6.45) is 0. The second kappa shape index (κ2) is 6.54. The Labute approximate surface area is 127 Å². The van der Waals surface area contributed by atoms with Gasteiger partial charge in [-0.3, -0.25) is 15.0 Å². The number of nitrogens with zero attached hydrogens (tertiary/aromatic N) is 3. The van der Waals surface area contributed by atoms with Crippen LogP contribution in [-0.2, 0) is 5.33 Å². The minimum atomic E-state index is -0.321. The summed E-state index contributed by atoms with van der Waals surface area (Å²) in [5.74, 6) is 0. The van der Waals surface area contributed by atoms with Crippen molar-refractivity contribution in [1.29, 1.82) is 0 Å². The molecule has 0 N–H and O–H groups in total. The van der Waals surface area contributed by atoms with Crippen LogP contribution >= 0.6 is 15.9 Å². The SMILES string of the molecule is CCN1CCN(c2ccc([N+](=O)[O-])c(CBr)c2)CC1C. The summed E-state index contributed by atoms with van der Waals surface area (Å²) < 4.78 is 0. The van der Waals surface area contributed by atoms with Crippen molar-refractivity contribution in [3.63, 3.8) is 0 Å². The largest absolute Gasteiger partial charge is 0.369 e. The highest BCUT2D eigenvalue weighted by atomic mass is 79.9. The predicted octanol–water partition coefficient (Wildman–Crippen LogP) is 3.02. The molecular weight excluding hydrogens is 322 g/mol. The molecule has 6 heteroatoms. The third-order valence-corrected chi connectivity index (χ3v) is 4.54. The zero-order valence-corrected chi connectivity index (χ0v) is 13.5. The molecule has 0 aliphatic carbocycles. The van der Waals surface area contributed by atoms with Crippen LogP contribution in [0.5, 0.6) is 0 Å². The van der Waals surface area contributed by atoms with E-state index in [1.807, 2.05) is 12.1 Å². The first-order valence-electron chi connectivity index (χ1n) is 6.89. The second-order valence-corrected chi connectivity index (χ2v) is 5.69. The molecule has 110 valence electrons. The van der Waals surface area contributed by atoms with E-state index >= 15 is 0 Å². The van der Waals surface area contributed by atoms with Gasteiger partial charge in [0.25, 0.3) is 5.69 Å². The summed E-state index contributed by atoms with van der Waals surface area (Å²) >= 11 is 3.34. The molecule has 5 nitrogen and oxygen atoms in total. The maximum atomic E-state index is 11.0. The number of hydrogen-bond donors (Lipinski definition) is 0. The van der Waals surface area contributed by atoms with Crippen LogP contribution in [-0.4, -0.2) is 42.0 Å². The maximum Gasteiger partial charge on any atom is 0.273 e. The van der Waals surface area contributed by atoms with Crippen molar-refractivity contribution in [3.8, 4) is 0 Å². The fraction of sp³-hybridized carbons (Fsp3) is 0.571. The molecule has 2 rings (SSSR count). The molecule has 0 bridgehead atoms. The van der Waals surface area contributed by atoms with Gasteiger partial charge in [-0.15, -0.1) is 0 Å². The van der Waals surface area contributed by atoms with Gasteiger partial charge in [-0.05, 0) is 25.6 Å². The molecule has 1 saturated heterocycles. The van der Waals surface area contributed by atoms with Crippen LogP contribution < -0.4 is 4.90 Å². The molecule has 1 unspecified atom stereocenters. The Kier molecular flexibility index (Phi) is 4.99. The fourth-order valence-corrected chi connectivity index (χ4v) is 3.20. The lowest BCUT2D eigenvalue weighted by Gasteiger charge is -2.40. The number of likely N-dealkylation sites (N-methyl/N-ethyl adjacent to an activating group) is 1. The van der Waals surface area contributed by atoms with E-state index in [2.05, 4.69) is 39.6 Å². The molecule has 1 aromatic rings. The van der Waals surface area contributed by atoms with E-state index in [9.17, 15) is 10.1 Å². The third-order valence-electron chi connectivity index (χ3n) is 3.94. The molecule has 0 saturated carbocycles. The van der Waals surface area contributed by atoms with E-state index < -0.39 is 0 Å². The molecule has 1 atom stereocenters. The Hall–Kier alpha value is -1.14. The van der Waals surface area contributed by atoms with E-state index in [0.29, 0.717) is 11.4 Å². The van der Waals surface area contributed by atoms with Crippen molar-refractivity contribution in [2.24, 2.45) is 0 Å². The monoisotopic (exact) mass is 341 g/mol. The van der Waals surface area contributed by atoms with E-state index in [0.717, 1.165) is 37.4 Å². The summed E-state index contributed by atoms with van der Waals surface area (Å²) in [4.78, 5) is 15.4. The number of benzene rings is 1. The molecule has 0 aromatic heterocycles. The molecule has 1 fully saturated rings. The lowest BCUT2D eigenvalue weighted by molar-refractivity contribution is -0.385. The van der Waals surface area contributed by atoms with Crippen LogP contribution in [0, 0.1) is 10.1 Å². The molecule has 1 aliphatic rings. The van der Waals surface area contributed by atoms with Gasteiger partial charge in [-0.2, -0.15) is 0 Å². The van der Waals surface area contributed by atoms with Crippen LogP contribution in [0.25, 0.3) is 0 Å². The number of nitro groups is 1. The first-order chi connectivity index (χ1) is 9.56. The number of rotatable bonds is 4. The highest BCUT2D eigenvalue weighted by molar-refractivity contribution is 9.08. The standard InChI is InChI=1S/C14H20BrN3O2/c1-3-16-6-7-17(10-11(16)2)13-4-5-14(18(19)20)12(8-13)9-15/h4-5,8,11H,3,6-7,9-10H2,1-2H3. The van der Waals surface area contributed by atoms with Gasteiger partial charge in [-0.1, -0.05) is 22.9 Å². The average molecular weight is 342 g/mol. The van der Waals surface area contributed by atoms with Crippen LogP contribution in [0.15, 0.2) is 18.2 Å². The number of anilines is 1. The molecular formula is C14H20BrN3O2. The van der Waals surface area contributed by atoms with Crippen molar-refractivity contribution in [1.82, 2.24) is 4.90 Å². The van der Waals surface area contributed by atoms with Crippen molar-refractivity contribution in [2.45, 2.75) is 25.2 Å². The van der Waals surface area contributed by atoms with Crippen LogP contribution in [0.1, 0.15) is 19.4 Å². The zero-order valence-electron chi connectivity index (χ0n) is 11.9. The zero-order chi connectivity index (χ0) is 14.7. The maximum absolute atomic E-state index is 11.0. The Balaban J connectivity index is 2.20. The molecule has 1 heterocycles. The van der Waals surface area contributed by atoms with Crippen molar-refractivity contribution >= 4 is 27.3 Å². The summed E-state index contributed by atoms with van der Waals surface area (Å²) in [5, 5.41) is 11.5. The normalized spacial score (nSPS) is 20.1. The Morgan fingerprint density at radius 1 is 1.45 bits per heavy atom. The van der Waals surface area contributed by atoms with E-state index in [4.69, 9.17) is 0 Å². The topological polar surface area (TPSA) is 49.6 Å². The summed E-state index contributed by atoms with van der Waals surface area (Å²) in [6.45, 7) is 8.46. The van der Waals surface area contributed by atoms with Gasteiger partial charge in [0.2, 0.25) is 0 Å². The molecule has 1 aromatic carbocycles. The smallest absolute Gasteiger partial charge is 0.273 e. The number of piperazine rings is 1. The quantitative estimate of drug-likeness (QED) is 0.479. The van der Waals surface area contributed by atoms with Gasteiger partial charge in [0.1, 0.15) is 0 Å². The Morgan fingerprint density at radius 2 is 2.20 bits per heavy atom. The van der Waals surface area contributed by atoms with E-state index in [1.54, 1.807) is 6.07 Å². The number of halogens is 1. The molecule has 0 amide bonds. The van der Waals surface area contributed by atoms with Gasteiger partial charge in [-0.25, -0.2) is 0 Å². The minimum absolute atomic E-state index is 0.186. The van der Waals surface area contributed by atoms with Gasteiger partial charge in [0, 0.05) is 48.3 Å². The van der Waals surface area contributed by atoms with Gasteiger partial charge < -0.3 is 4.90 Å². The average Bonchev–Trinajstić information content (AvgIpc) is 2.46. The highest BCUT2D eigenvalue weighted by Crippen LogP contribution is 2.28. The van der Waals surface area contributed by atoms with Crippen LogP contribution in [0.2, 0.25) is 0 Å². The van der Waals surface area contributed by atoms with E-state index in [-0.39, 0.29) is 10.6 Å². The first kappa shape index (κ1) is 15.3. The lowest BCUT2D eigenvalue weighted by atomic mass is 10.1. The van der Waals surface area contributed by atoms with Gasteiger partial charge >= 0.3 is 0 Å². The van der Waals surface area contributed by atoms with Crippen molar-refractivity contribution in [3.05, 3.63) is 33.9 Å². The molecule has 20 heavy (non-hydrogen) atoms. The lowest BCUT2D eigenvalue weighted by Crippen LogP contribution is -2.51. The number of nitro benzene ring substituents is 1. The van der Waals surface area contributed by atoms with Crippen molar-refractivity contribution < 1.29 is 4.92 Å². The second-order valence-electron chi connectivity index (χ2n) is 5.13. The Morgan fingerprint density at radius 3 is 2.75 bits per heavy atom. The van der Waals surface area contributed by atoms with Gasteiger partial charge in [0.05, 0.1) is 4.92 Å². The predicted molar refractivity (Wildman–Crippen MR) is 84.6 cm³/mol. The third kappa shape index (κ3) is 3.12. The van der Waals surface area contributed by atoms with E-state index in [1.165, 1.54) is 0 Å². The fourth-order valence-electron chi connectivity index (χ4n) is 2.75. The van der Waals surface area contributed by atoms with Crippen LogP contribution in [0.3, 0.4) is 0 Å². The summed E-state index contributed by atoms with van der Waals surface area (Å²) in [6, 6.07) is 5.92. The first-order valence-corrected chi connectivity index (χ1v) is 8.01. The summed E-state index contributed by atoms with van der Waals surface area (Å²) in [7, 11) is 0. The molecule has 0 spiro atoms. The Bertz CT molecular complexity index is 495. The van der Waals surface area contributed by atoms with Crippen LogP contribution in [0.4, 0.5) is 11.4 Å². The summed E-state index contributed by atoms with van der Waals surface area (Å²) in [5.41, 5.74) is 2.00. The van der Waals surface area contributed by atoms with Crippen molar-refractivity contribution in [2.75, 3.05) is 31.1 Å². The highest BCUT2D eigenvalue weighted by Gasteiger charge is 2.23. The number of alkyl halides is 1. The van der Waals surface area contributed by atoms with Gasteiger partial charge in [0.15, 0.2) is 0 Å². The minimum Gasteiger partial charge on any atom is -0.369 e. The molecule has 0 radical (unpaired) electrons. The number of hydrogen-bond acceptors (Lipinski definition) is 4.